The van der Waals surface area contributed by atoms with Gasteiger partial charge in [-0.25, -0.2) is 0 Å². The number of hydrogen-bond acceptors (Lipinski definition) is 6. The van der Waals surface area contributed by atoms with Crippen LogP contribution < -0.4 is 10.1 Å². The van der Waals surface area contributed by atoms with Crippen LogP contribution in [0.4, 0.5) is 10.5 Å². The van der Waals surface area contributed by atoms with Gasteiger partial charge in [-0.05, 0) is 79.4 Å². The third kappa shape index (κ3) is 5.92. The average Bonchev–Trinajstić information content (AvgIpc) is 3.47. The molecule has 0 radical (unpaired) electrons. The van der Waals surface area contributed by atoms with Crippen LogP contribution in [0.25, 0.3) is 6.08 Å². The molecule has 4 amide bonds. The first-order valence-corrected chi connectivity index (χ1v) is 12.3. The van der Waals surface area contributed by atoms with Crippen LogP contribution >= 0.6 is 11.8 Å². The summed E-state index contributed by atoms with van der Waals surface area (Å²) in [6, 6.07) is 12.6. The lowest BCUT2D eigenvalue weighted by Crippen LogP contribution is -2.40. The molecular weight excluding hydrogens is 466 g/mol. The number of hydrogen-bond donors (Lipinski definition) is 1. The Hall–Kier alpha value is -3.59. The van der Waals surface area contributed by atoms with Gasteiger partial charge in [-0.1, -0.05) is 24.3 Å². The Morgan fingerprint density at radius 1 is 1.06 bits per heavy atom. The van der Waals surface area contributed by atoms with Crippen LogP contribution in [0.3, 0.4) is 0 Å². The summed E-state index contributed by atoms with van der Waals surface area (Å²) in [6.45, 7) is 4.91. The van der Waals surface area contributed by atoms with Gasteiger partial charge in [-0.2, -0.15) is 0 Å². The highest BCUT2D eigenvalue weighted by atomic mass is 32.2. The van der Waals surface area contributed by atoms with E-state index in [1.807, 2.05) is 32.0 Å². The van der Waals surface area contributed by atoms with Crippen molar-refractivity contribution in [2.24, 2.45) is 0 Å². The van der Waals surface area contributed by atoms with Crippen LogP contribution in [-0.2, 0) is 14.4 Å². The molecule has 4 rings (SSSR count). The van der Waals surface area contributed by atoms with Crippen molar-refractivity contribution >= 4 is 46.5 Å². The second-order valence-corrected chi connectivity index (χ2v) is 9.50. The maximum Gasteiger partial charge on any atom is 0.294 e. The minimum absolute atomic E-state index is 0.142. The van der Waals surface area contributed by atoms with Crippen molar-refractivity contribution in [3.05, 3.63) is 64.1 Å². The zero-order valence-electron chi connectivity index (χ0n) is 19.7. The molecule has 182 valence electrons. The van der Waals surface area contributed by atoms with E-state index in [9.17, 15) is 19.2 Å². The van der Waals surface area contributed by atoms with E-state index >= 15 is 0 Å². The van der Waals surface area contributed by atoms with Gasteiger partial charge in [0.2, 0.25) is 5.91 Å². The Morgan fingerprint density at radius 2 is 1.77 bits per heavy atom. The SMILES string of the molecule is Cc1cccc(NC(=O)COc2ccc(/C=C3\SC(=O)N(CC(=O)N4CCCC4)C3=O)cc2)c1C. The summed E-state index contributed by atoms with van der Waals surface area (Å²) in [6.07, 6.45) is 3.51. The summed E-state index contributed by atoms with van der Waals surface area (Å²) in [7, 11) is 0. The number of nitrogens with zero attached hydrogens (tertiary/aromatic N) is 2. The van der Waals surface area contributed by atoms with Gasteiger partial charge in [-0.3, -0.25) is 24.1 Å². The number of carbonyl (C=O) groups is 4. The highest BCUT2D eigenvalue weighted by Gasteiger charge is 2.37. The molecule has 0 aromatic heterocycles. The van der Waals surface area contributed by atoms with Crippen molar-refractivity contribution in [3.63, 3.8) is 0 Å². The molecule has 2 aromatic carbocycles. The highest BCUT2D eigenvalue weighted by Crippen LogP contribution is 2.32. The number of aryl methyl sites for hydroxylation is 1. The van der Waals surface area contributed by atoms with E-state index in [0.29, 0.717) is 24.4 Å². The lowest BCUT2D eigenvalue weighted by molar-refractivity contribution is -0.135. The maximum atomic E-state index is 12.7. The predicted octanol–water partition coefficient (Wildman–Crippen LogP) is 3.98. The van der Waals surface area contributed by atoms with Gasteiger partial charge in [-0.15, -0.1) is 0 Å². The molecule has 2 heterocycles. The molecule has 0 aliphatic carbocycles. The molecule has 0 unspecified atom stereocenters. The first kappa shape index (κ1) is 24.5. The smallest absolute Gasteiger partial charge is 0.294 e. The number of ether oxygens (including phenoxy) is 1. The first-order valence-electron chi connectivity index (χ1n) is 11.4. The number of anilines is 1. The first-order chi connectivity index (χ1) is 16.8. The molecule has 0 atom stereocenters. The Labute approximate surface area is 208 Å². The Kier molecular flexibility index (Phi) is 7.55. The van der Waals surface area contributed by atoms with E-state index in [-0.39, 0.29) is 29.9 Å². The monoisotopic (exact) mass is 493 g/mol. The summed E-state index contributed by atoms with van der Waals surface area (Å²) in [4.78, 5) is 52.6. The third-order valence-corrected chi connectivity index (χ3v) is 6.96. The number of amides is 4. The molecule has 0 bridgehead atoms. The topological polar surface area (TPSA) is 96.0 Å². The molecule has 8 nitrogen and oxygen atoms in total. The van der Waals surface area contributed by atoms with Gasteiger partial charge < -0.3 is 15.0 Å². The van der Waals surface area contributed by atoms with Gasteiger partial charge in [0, 0.05) is 18.8 Å². The molecule has 35 heavy (non-hydrogen) atoms. The number of likely N-dealkylation sites (tertiary alicyclic amines) is 1. The van der Waals surface area contributed by atoms with Crippen LogP contribution in [0.15, 0.2) is 47.4 Å². The molecule has 1 N–H and O–H groups in total. The van der Waals surface area contributed by atoms with Crippen molar-refractivity contribution in [1.29, 1.82) is 0 Å². The van der Waals surface area contributed by atoms with Crippen molar-refractivity contribution in [2.45, 2.75) is 26.7 Å². The van der Waals surface area contributed by atoms with Crippen LogP contribution in [0.5, 0.6) is 5.75 Å². The van der Waals surface area contributed by atoms with Crippen molar-refractivity contribution < 1.29 is 23.9 Å². The third-order valence-electron chi connectivity index (χ3n) is 6.05. The molecule has 0 saturated carbocycles. The molecule has 2 aromatic rings. The van der Waals surface area contributed by atoms with E-state index < -0.39 is 11.1 Å². The van der Waals surface area contributed by atoms with Gasteiger partial charge in [0.25, 0.3) is 17.1 Å². The van der Waals surface area contributed by atoms with E-state index in [4.69, 9.17) is 4.74 Å². The Bertz CT molecular complexity index is 1190. The van der Waals surface area contributed by atoms with Crippen molar-refractivity contribution in [1.82, 2.24) is 9.80 Å². The summed E-state index contributed by atoms with van der Waals surface area (Å²) in [5, 5.41) is 2.41. The minimum atomic E-state index is -0.462. The van der Waals surface area contributed by atoms with Crippen LogP contribution in [0.2, 0.25) is 0 Å². The number of benzene rings is 2. The fourth-order valence-electron chi connectivity index (χ4n) is 3.87. The molecule has 2 aliphatic rings. The Balaban J connectivity index is 1.32. The maximum absolute atomic E-state index is 12.7. The zero-order valence-corrected chi connectivity index (χ0v) is 20.5. The molecule has 0 spiro atoms. The quantitative estimate of drug-likeness (QED) is 0.586. The zero-order chi connectivity index (χ0) is 24.9. The fourth-order valence-corrected chi connectivity index (χ4v) is 4.71. The highest BCUT2D eigenvalue weighted by molar-refractivity contribution is 8.18. The summed E-state index contributed by atoms with van der Waals surface area (Å²) < 4.78 is 5.57. The van der Waals surface area contributed by atoms with Gasteiger partial charge in [0.15, 0.2) is 6.61 Å². The number of nitrogens with one attached hydrogen (secondary N) is 1. The molecule has 9 heteroatoms. The second kappa shape index (κ2) is 10.8. The van der Waals surface area contributed by atoms with Crippen LogP contribution in [-0.4, -0.2) is 59.0 Å². The number of thioether (sulfide) groups is 1. The molecule has 2 fully saturated rings. The molecule has 2 aliphatic heterocycles. The predicted molar refractivity (Wildman–Crippen MR) is 135 cm³/mol. The minimum Gasteiger partial charge on any atom is -0.484 e. The average molecular weight is 494 g/mol. The normalized spacial score (nSPS) is 16.8. The summed E-state index contributed by atoms with van der Waals surface area (Å²) >= 11 is 0.826. The van der Waals surface area contributed by atoms with Crippen molar-refractivity contribution in [2.75, 3.05) is 31.6 Å². The largest absolute Gasteiger partial charge is 0.484 e. The van der Waals surface area contributed by atoms with Crippen molar-refractivity contribution in [3.8, 4) is 5.75 Å². The molecular formula is C26H27N3O5S. The summed E-state index contributed by atoms with van der Waals surface area (Å²) in [5.74, 6) is -0.423. The van der Waals surface area contributed by atoms with Gasteiger partial charge in [0.05, 0.1) is 4.91 Å². The second-order valence-electron chi connectivity index (χ2n) is 8.51. The van der Waals surface area contributed by atoms with Crippen LogP contribution in [0.1, 0.15) is 29.5 Å². The lowest BCUT2D eigenvalue weighted by atomic mass is 10.1. The van der Waals surface area contributed by atoms with Gasteiger partial charge in [0.1, 0.15) is 12.3 Å². The summed E-state index contributed by atoms with van der Waals surface area (Å²) in [5.41, 5.74) is 3.56. The van der Waals surface area contributed by atoms with E-state index in [0.717, 1.165) is 46.3 Å². The van der Waals surface area contributed by atoms with E-state index in [1.165, 1.54) is 0 Å². The lowest BCUT2D eigenvalue weighted by Gasteiger charge is -2.18. The Morgan fingerprint density at radius 3 is 2.49 bits per heavy atom. The van der Waals surface area contributed by atoms with E-state index in [1.54, 1.807) is 35.2 Å². The molecule has 2 saturated heterocycles. The van der Waals surface area contributed by atoms with Crippen LogP contribution in [0, 0.1) is 13.8 Å². The van der Waals surface area contributed by atoms with E-state index in [2.05, 4.69) is 5.32 Å². The fraction of sp³-hybridized carbons (Fsp3) is 0.308. The van der Waals surface area contributed by atoms with Gasteiger partial charge >= 0.3 is 0 Å². The number of rotatable bonds is 7. The number of imide groups is 1. The number of carbonyl (C=O) groups excluding carboxylic acids is 4. The standard InChI is InChI=1S/C26H27N3O5S/c1-17-6-5-7-21(18(17)2)27-23(30)16-34-20-10-8-19(9-11-20)14-22-25(32)29(26(33)35-22)15-24(31)28-12-3-4-13-28/h5-11,14H,3-4,12-13,15-16H2,1-2H3,(H,27,30)/b22-14-.